The first-order valence-electron chi connectivity index (χ1n) is 6.61. The lowest BCUT2D eigenvalue weighted by Gasteiger charge is -2.35. The second-order valence-corrected chi connectivity index (χ2v) is 4.71. The highest BCUT2D eigenvalue weighted by Gasteiger charge is 2.28. The van der Waals surface area contributed by atoms with Crippen LogP contribution in [-0.4, -0.2) is 43.8 Å². The molecule has 1 aromatic rings. The molecule has 5 heteroatoms. The van der Waals surface area contributed by atoms with Gasteiger partial charge in [0, 0.05) is 13.1 Å². The number of rotatable bonds is 4. The second-order valence-electron chi connectivity index (χ2n) is 4.71. The molecule has 0 saturated carbocycles. The van der Waals surface area contributed by atoms with Crippen LogP contribution < -0.4 is 0 Å². The van der Waals surface area contributed by atoms with Gasteiger partial charge in [0.25, 0.3) is 0 Å². The van der Waals surface area contributed by atoms with Crippen molar-refractivity contribution in [3.8, 4) is 6.07 Å². The number of benzene rings is 1. The fourth-order valence-corrected chi connectivity index (χ4v) is 2.37. The van der Waals surface area contributed by atoms with E-state index < -0.39 is 0 Å². The Morgan fingerprint density at radius 3 is 2.95 bits per heavy atom. The molecule has 0 unspecified atom stereocenters. The van der Waals surface area contributed by atoms with Crippen LogP contribution in [0.2, 0.25) is 0 Å². The van der Waals surface area contributed by atoms with Gasteiger partial charge in [-0.2, -0.15) is 5.26 Å². The van der Waals surface area contributed by atoms with Gasteiger partial charge in [0.15, 0.2) is 0 Å². The van der Waals surface area contributed by atoms with Crippen LogP contribution in [0, 0.1) is 11.3 Å². The summed E-state index contributed by atoms with van der Waals surface area (Å²) in [6, 6.07) is 11.7. The first-order valence-corrected chi connectivity index (χ1v) is 6.61. The van der Waals surface area contributed by atoms with E-state index in [1.165, 1.54) is 7.11 Å². The number of carbonyl (C=O) groups is 1. The number of carbonyl (C=O) groups excluding carboxylic acids is 1. The minimum absolute atomic E-state index is 0.212. The normalized spacial score (nSPS) is 20.9. The molecule has 0 amide bonds. The van der Waals surface area contributed by atoms with Crippen LogP contribution in [0.4, 0.5) is 0 Å². The molecule has 1 heterocycles. The molecule has 5 nitrogen and oxygen atoms in total. The van der Waals surface area contributed by atoms with E-state index in [-0.39, 0.29) is 24.5 Å². The zero-order valence-electron chi connectivity index (χ0n) is 11.5. The van der Waals surface area contributed by atoms with Crippen LogP contribution in [0.15, 0.2) is 30.3 Å². The van der Waals surface area contributed by atoms with Crippen molar-refractivity contribution in [3.05, 3.63) is 35.9 Å². The summed E-state index contributed by atoms with van der Waals surface area (Å²) < 4.78 is 10.2. The lowest BCUT2D eigenvalue weighted by Crippen LogP contribution is -2.44. The maximum absolute atomic E-state index is 11.3. The summed E-state index contributed by atoms with van der Waals surface area (Å²) in [6.07, 6.45) is 0.00990. The van der Waals surface area contributed by atoms with Crippen molar-refractivity contribution in [3.63, 3.8) is 0 Å². The maximum Gasteiger partial charge on any atom is 0.308 e. The molecular weight excluding hydrogens is 256 g/mol. The Bertz CT molecular complexity index is 484. The van der Waals surface area contributed by atoms with E-state index in [1.807, 2.05) is 35.2 Å². The van der Waals surface area contributed by atoms with Crippen molar-refractivity contribution in [2.24, 2.45) is 0 Å². The molecule has 1 fully saturated rings. The Balaban J connectivity index is 2.04. The number of nitriles is 1. The standard InChI is InChI=1S/C15H18N2O3/c1-19-15(18)9-13-11-17(7-8-20-13)14(10-16)12-5-3-2-4-6-12/h2-6,13-14H,7-9,11H2,1H3/t13-,14+/m1/s1. The molecule has 1 saturated heterocycles. The van der Waals surface area contributed by atoms with Gasteiger partial charge in [-0.3, -0.25) is 9.69 Å². The first-order chi connectivity index (χ1) is 9.74. The highest BCUT2D eigenvalue weighted by molar-refractivity contribution is 5.69. The van der Waals surface area contributed by atoms with Crippen molar-refractivity contribution >= 4 is 5.97 Å². The van der Waals surface area contributed by atoms with Gasteiger partial charge in [-0.1, -0.05) is 30.3 Å². The van der Waals surface area contributed by atoms with Gasteiger partial charge in [0.2, 0.25) is 0 Å². The molecule has 2 rings (SSSR count). The number of hydrogen-bond donors (Lipinski definition) is 0. The molecule has 0 radical (unpaired) electrons. The number of nitrogens with zero attached hydrogens (tertiary/aromatic N) is 2. The summed E-state index contributed by atoms with van der Waals surface area (Å²) in [5.74, 6) is -0.287. The summed E-state index contributed by atoms with van der Waals surface area (Å²) in [7, 11) is 1.37. The number of methoxy groups -OCH3 is 1. The third-order valence-electron chi connectivity index (χ3n) is 3.39. The summed E-state index contributed by atoms with van der Waals surface area (Å²) in [5, 5.41) is 9.42. The monoisotopic (exact) mass is 274 g/mol. The number of ether oxygens (including phenoxy) is 2. The van der Waals surface area contributed by atoms with Crippen molar-refractivity contribution in [2.45, 2.75) is 18.6 Å². The van der Waals surface area contributed by atoms with E-state index in [0.29, 0.717) is 19.7 Å². The van der Waals surface area contributed by atoms with Crippen molar-refractivity contribution in [1.29, 1.82) is 5.26 Å². The molecule has 1 aromatic carbocycles. The minimum Gasteiger partial charge on any atom is -0.469 e. The molecule has 0 aromatic heterocycles. The molecule has 0 spiro atoms. The maximum atomic E-state index is 11.3. The fraction of sp³-hybridized carbons (Fsp3) is 0.467. The Morgan fingerprint density at radius 1 is 1.55 bits per heavy atom. The summed E-state index contributed by atoms with van der Waals surface area (Å²) in [6.45, 7) is 1.76. The third kappa shape index (κ3) is 3.56. The Hall–Kier alpha value is -1.90. The molecule has 0 aliphatic carbocycles. The van der Waals surface area contributed by atoms with Crippen LogP contribution >= 0.6 is 0 Å². The van der Waals surface area contributed by atoms with Gasteiger partial charge in [0.1, 0.15) is 6.04 Å². The molecule has 2 atom stereocenters. The topological polar surface area (TPSA) is 62.6 Å². The first kappa shape index (κ1) is 14.5. The smallest absolute Gasteiger partial charge is 0.308 e. The molecule has 0 bridgehead atoms. The average Bonchev–Trinajstić information content (AvgIpc) is 2.49. The lowest BCUT2D eigenvalue weighted by molar-refractivity contribution is -0.146. The van der Waals surface area contributed by atoms with Crippen LogP contribution in [0.3, 0.4) is 0 Å². The van der Waals surface area contributed by atoms with E-state index in [0.717, 1.165) is 5.56 Å². The number of esters is 1. The molecule has 1 aliphatic heterocycles. The SMILES string of the molecule is COC(=O)C[C@@H]1CN([C@@H](C#N)c2ccccc2)CCO1. The molecule has 106 valence electrons. The Labute approximate surface area is 118 Å². The zero-order chi connectivity index (χ0) is 14.4. The van der Waals surface area contributed by atoms with E-state index in [2.05, 4.69) is 10.8 Å². The summed E-state index contributed by atoms with van der Waals surface area (Å²) in [5.41, 5.74) is 0.966. The van der Waals surface area contributed by atoms with Crippen molar-refractivity contribution in [1.82, 2.24) is 4.90 Å². The third-order valence-corrected chi connectivity index (χ3v) is 3.39. The summed E-state index contributed by atoms with van der Waals surface area (Å²) in [4.78, 5) is 13.4. The predicted octanol–water partition coefficient (Wildman–Crippen LogP) is 1.52. The van der Waals surface area contributed by atoms with Gasteiger partial charge in [0.05, 0.1) is 32.3 Å². The van der Waals surface area contributed by atoms with E-state index >= 15 is 0 Å². The Kier molecular flexibility index (Phi) is 5.10. The summed E-state index contributed by atoms with van der Waals surface area (Å²) >= 11 is 0. The zero-order valence-corrected chi connectivity index (χ0v) is 11.5. The van der Waals surface area contributed by atoms with Gasteiger partial charge in [-0.05, 0) is 5.56 Å². The fourth-order valence-electron chi connectivity index (χ4n) is 2.37. The Morgan fingerprint density at radius 2 is 2.30 bits per heavy atom. The van der Waals surface area contributed by atoms with Crippen molar-refractivity contribution in [2.75, 3.05) is 26.8 Å². The predicted molar refractivity (Wildman–Crippen MR) is 72.7 cm³/mol. The number of hydrogen-bond acceptors (Lipinski definition) is 5. The van der Waals surface area contributed by atoms with E-state index in [1.54, 1.807) is 0 Å². The van der Waals surface area contributed by atoms with Crippen LogP contribution in [0.25, 0.3) is 0 Å². The van der Waals surface area contributed by atoms with Gasteiger partial charge >= 0.3 is 5.97 Å². The minimum atomic E-state index is -0.305. The van der Waals surface area contributed by atoms with Gasteiger partial charge in [-0.25, -0.2) is 0 Å². The molecule has 0 N–H and O–H groups in total. The quantitative estimate of drug-likeness (QED) is 0.779. The molecular formula is C15H18N2O3. The highest BCUT2D eigenvalue weighted by atomic mass is 16.5. The number of morpholine rings is 1. The van der Waals surface area contributed by atoms with Gasteiger partial charge in [-0.15, -0.1) is 0 Å². The van der Waals surface area contributed by atoms with Crippen molar-refractivity contribution < 1.29 is 14.3 Å². The second kappa shape index (κ2) is 7.04. The van der Waals surface area contributed by atoms with Crippen LogP contribution in [0.5, 0.6) is 0 Å². The van der Waals surface area contributed by atoms with Crippen LogP contribution in [-0.2, 0) is 14.3 Å². The van der Waals surface area contributed by atoms with Crippen LogP contribution in [0.1, 0.15) is 18.0 Å². The average molecular weight is 274 g/mol. The molecule has 1 aliphatic rings. The largest absolute Gasteiger partial charge is 0.469 e. The van der Waals surface area contributed by atoms with E-state index in [4.69, 9.17) is 4.74 Å². The highest BCUT2D eigenvalue weighted by Crippen LogP contribution is 2.23. The lowest BCUT2D eigenvalue weighted by atomic mass is 10.0. The van der Waals surface area contributed by atoms with E-state index in [9.17, 15) is 10.1 Å². The van der Waals surface area contributed by atoms with Gasteiger partial charge < -0.3 is 9.47 Å². The molecule has 20 heavy (non-hydrogen) atoms.